The normalized spacial score (nSPS) is 13.0. The minimum atomic E-state index is -0.458. The Labute approximate surface area is 140 Å². The second kappa shape index (κ2) is 7.25. The molecule has 1 aromatic rings. The highest BCUT2D eigenvalue weighted by Crippen LogP contribution is 2.24. The summed E-state index contributed by atoms with van der Waals surface area (Å²) in [4.78, 5) is 50.8. The number of unbranched alkanes of at least 4 members (excludes halogenated alkanes) is 1. The molecule has 0 atom stereocenters. The number of nitrogens with zero attached hydrogens (tertiary/aromatic N) is 2. The molecule has 7 heteroatoms. The first-order valence-corrected chi connectivity index (χ1v) is 7.85. The van der Waals surface area contributed by atoms with E-state index in [0.29, 0.717) is 12.1 Å². The number of carbonyl (C=O) groups is 4. The Morgan fingerprint density at radius 2 is 1.79 bits per heavy atom. The lowest BCUT2D eigenvalue weighted by Gasteiger charge is -2.12. The van der Waals surface area contributed by atoms with Gasteiger partial charge in [-0.25, -0.2) is 0 Å². The maximum Gasteiger partial charge on any atom is 0.261 e. The fourth-order valence-electron chi connectivity index (χ4n) is 2.37. The molecule has 0 fully saturated rings. The van der Waals surface area contributed by atoms with Gasteiger partial charge in [0.05, 0.1) is 17.7 Å². The Morgan fingerprint density at radius 1 is 1.12 bits per heavy atom. The van der Waals surface area contributed by atoms with Crippen molar-refractivity contribution in [3.8, 4) is 0 Å². The van der Waals surface area contributed by atoms with Crippen LogP contribution in [0.25, 0.3) is 0 Å². The Hall–Kier alpha value is -2.70. The predicted octanol–water partition coefficient (Wildman–Crippen LogP) is 0.901. The van der Waals surface area contributed by atoms with Gasteiger partial charge in [0.15, 0.2) is 0 Å². The fourth-order valence-corrected chi connectivity index (χ4v) is 2.37. The zero-order valence-electron chi connectivity index (χ0n) is 14.1. The summed E-state index contributed by atoms with van der Waals surface area (Å²) in [5.74, 6) is -1.39. The van der Waals surface area contributed by atoms with Crippen LogP contribution in [0.4, 0.5) is 0 Å². The molecule has 0 saturated carbocycles. The smallest absolute Gasteiger partial charge is 0.261 e. The van der Waals surface area contributed by atoms with Crippen molar-refractivity contribution in [1.82, 2.24) is 15.1 Å². The van der Waals surface area contributed by atoms with E-state index >= 15 is 0 Å². The highest BCUT2D eigenvalue weighted by Gasteiger charge is 2.35. The summed E-state index contributed by atoms with van der Waals surface area (Å²) in [6.45, 7) is 2.23. The van der Waals surface area contributed by atoms with Gasteiger partial charge in [-0.1, -0.05) is 13.3 Å². The summed E-state index contributed by atoms with van der Waals surface area (Å²) in [6.07, 6.45) is 1.62. The van der Waals surface area contributed by atoms with Gasteiger partial charge in [-0.2, -0.15) is 0 Å². The molecular weight excluding hydrogens is 310 g/mol. The van der Waals surface area contributed by atoms with Crippen LogP contribution in [0.3, 0.4) is 0 Å². The molecule has 4 amide bonds. The monoisotopic (exact) mass is 331 g/mol. The van der Waals surface area contributed by atoms with Crippen molar-refractivity contribution in [2.45, 2.75) is 19.8 Å². The number of rotatable bonds is 6. The molecule has 0 unspecified atom stereocenters. The Kier molecular flexibility index (Phi) is 5.33. The number of hydrogen-bond donors (Lipinski definition) is 1. The first-order valence-electron chi connectivity index (χ1n) is 7.85. The Morgan fingerprint density at radius 3 is 2.42 bits per heavy atom. The molecular formula is C17H21N3O4. The zero-order chi connectivity index (χ0) is 17.9. The number of nitrogens with one attached hydrogen (secondary N) is 1. The van der Waals surface area contributed by atoms with Crippen LogP contribution < -0.4 is 5.32 Å². The van der Waals surface area contributed by atoms with E-state index in [2.05, 4.69) is 5.32 Å². The highest BCUT2D eigenvalue weighted by atomic mass is 16.2. The largest absolute Gasteiger partial charge is 0.347 e. The van der Waals surface area contributed by atoms with Crippen molar-refractivity contribution in [3.05, 3.63) is 34.9 Å². The number of fused-ring (bicyclic) bond motifs is 1. The third-order valence-electron chi connectivity index (χ3n) is 3.87. The molecule has 1 N–H and O–H groups in total. The van der Waals surface area contributed by atoms with Crippen molar-refractivity contribution < 1.29 is 19.2 Å². The number of amides is 4. The van der Waals surface area contributed by atoms with Crippen molar-refractivity contribution in [2.75, 3.05) is 27.2 Å². The van der Waals surface area contributed by atoms with Gasteiger partial charge in [0, 0.05) is 26.2 Å². The summed E-state index contributed by atoms with van der Waals surface area (Å²) < 4.78 is 0. The van der Waals surface area contributed by atoms with E-state index in [0.717, 1.165) is 12.8 Å². The minimum Gasteiger partial charge on any atom is -0.347 e. The maximum atomic E-state index is 12.4. The molecule has 0 radical (unpaired) electrons. The van der Waals surface area contributed by atoms with E-state index in [4.69, 9.17) is 0 Å². The molecule has 0 saturated heterocycles. The van der Waals surface area contributed by atoms with Crippen LogP contribution in [-0.2, 0) is 4.79 Å². The Balaban J connectivity index is 2.14. The predicted molar refractivity (Wildman–Crippen MR) is 87.7 cm³/mol. The standard InChI is InChI=1S/C17H21N3O4/c1-4-5-8-20-16(23)12-7-6-11(9-13(12)17(20)24)15(22)18-10-14(21)19(2)3/h6-7,9H,4-5,8,10H2,1-3H3,(H,18,22). The molecule has 1 aliphatic rings. The van der Waals surface area contributed by atoms with Crippen molar-refractivity contribution in [1.29, 1.82) is 0 Å². The van der Waals surface area contributed by atoms with Crippen LogP contribution in [0, 0.1) is 0 Å². The topological polar surface area (TPSA) is 86.8 Å². The van der Waals surface area contributed by atoms with E-state index in [1.54, 1.807) is 14.1 Å². The first-order chi connectivity index (χ1) is 11.4. The highest BCUT2D eigenvalue weighted by molar-refractivity contribution is 6.22. The van der Waals surface area contributed by atoms with Gasteiger partial charge in [-0.3, -0.25) is 24.1 Å². The molecule has 0 aromatic heterocycles. The van der Waals surface area contributed by atoms with Gasteiger partial charge in [0.25, 0.3) is 17.7 Å². The summed E-state index contributed by atoms with van der Waals surface area (Å²) in [5.41, 5.74) is 0.804. The van der Waals surface area contributed by atoms with Crippen molar-refractivity contribution >= 4 is 23.6 Å². The number of hydrogen-bond acceptors (Lipinski definition) is 4. The number of imide groups is 1. The molecule has 24 heavy (non-hydrogen) atoms. The average Bonchev–Trinajstić information content (AvgIpc) is 2.81. The van der Waals surface area contributed by atoms with E-state index in [-0.39, 0.29) is 35.4 Å². The molecule has 7 nitrogen and oxygen atoms in total. The van der Waals surface area contributed by atoms with Gasteiger partial charge in [0.2, 0.25) is 5.91 Å². The zero-order valence-corrected chi connectivity index (χ0v) is 14.1. The maximum absolute atomic E-state index is 12.4. The summed E-state index contributed by atoms with van der Waals surface area (Å²) >= 11 is 0. The van der Waals surface area contributed by atoms with Crippen LogP contribution in [0.2, 0.25) is 0 Å². The molecule has 128 valence electrons. The lowest BCUT2D eigenvalue weighted by molar-refractivity contribution is -0.127. The summed E-state index contributed by atoms with van der Waals surface area (Å²) in [6, 6.07) is 4.39. The molecule has 1 aromatic carbocycles. The van der Waals surface area contributed by atoms with E-state index in [1.807, 2.05) is 6.92 Å². The molecule has 1 heterocycles. The Bertz CT molecular complexity index is 697. The van der Waals surface area contributed by atoms with E-state index in [1.165, 1.54) is 28.0 Å². The average molecular weight is 331 g/mol. The van der Waals surface area contributed by atoms with Crippen LogP contribution in [0.1, 0.15) is 50.8 Å². The van der Waals surface area contributed by atoms with Crippen LogP contribution >= 0.6 is 0 Å². The number of likely N-dealkylation sites (N-methyl/N-ethyl adjacent to an activating group) is 1. The summed E-state index contributed by atoms with van der Waals surface area (Å²) in [5, 5.41) is 2.50. The molecule has 0 bridgehead atoms. The number of benzene rings is 1. The first kappa shape index (κ1) is 17.7. The quantitative estimate of drug-likeness (QED) is 0.785. The minimum absolute atomic E-state index is 0.127. The van der Waals surface area contributed by atoms with Gasteiger partial charge >= 0.3 is 0 Å². The van der Waals surface area contributed by atoms with Crippen LogP contribution in [0.15, 0.2) is 18.2 Å². The molecule has 2 rings (SSSR count). The van der Waals surface area contributed by atoms with Crippen LogP contribution in [-0.4, -0.2) is 60.6 Å². The lowest BCUT2D eigenvalue weighted by atomic mass is 10.1. The SMILES string of the molecule is CCCCN1C(=O)c2ccc(C(=O)NCC(=O)N(C)C)cc2C1=O. The van der Waals surface area contributed by atoms with E-state index in [9.17, 15) is 19.2 Å². The van der Waals surface area contributed by atoms with Gasteiger partial charge in [-0.05, 0) is 24.6 Å². The van der Waals surface area contributed by atoms with Gasteiger partial charge in [0.1, 0.15) is 0 Å². The van der Waals surface area contributed by atoms with Gasteiger partial charge < -0.3 is 10.2 Å². The van der Waals surface area contributed by atoms with E-state index < -0.39 is 5.91 Å². The van der Waals surface area contributed by atoms with Gasteiger partial charge in [-0.15, -0.1) is 0 Å². The second-order valence-corrected chi connectivity index (χ2v) is 5.85. The third kappa shape index (κ3) is 3.45. The van der Waals surface area contributed by atoms with Crippen molar-refractivity contribution in [2.24, 2.45) is 0 Å². The molecule has 1 aliphatic heterocycles. The van der Waals surface area contributed by atoms with Crippen LogP contribution in [0.5, 0.6) is 0 Å². The summed E-state index contributed by atoms with van der Waals surface area (Å²) in [7, 11) is 3.19. The van der Waals surface area contributed by atoms with Crippen molar-refractivity contribution in [3.63, 3.8) is 0 Å². The second-order valence-electron chi connectivity index (χ2n) is 5.85. The third-order valence-corrected chi connectivity index (χ3v) is 3.87. The molecule has 0 spiro atoms. The number of carbonyl (C=O) groups excluding carboxylic acids is 4. The lowest BCUT2D eigenvalue weighted by Crippen LogP contribution is -2.36. The molecule has 0 aliphatic carbocycles. The fraction of sp³-hybridized carbons (Fsp3) is 0.412.